The molecule has 1 aromatic carbocycles. The van der Waals surface area contributed by atoms with Crippen molar-refractivity contribution in [3.8, 4) is 34.6 Å². The topological polar surface area (TPSA) is 152 Å². The number of aromatic nitrogens is 6. The predicted octanol–water partition coefficient (Wildman–Crippen LogP) is 3.36. The minimum atomic E-state index is -4.15. The molecule has 0 aliphatic carbocycles. The fraction of sp³-hybridized carbons (Fsp3) is 0.346. The fourth-order valence-corrected chi connectivity index (χ4v) is 5.06. The fourth-order valence-electron chi connectivity index (χ4n) is 3.97. The van der Waals surface area contributed by atoms with Crippen LogP contribution in [-0.4, -0.2) is 71.3 Å². The van der Waals surface area contributed by atoms with E-state index in [-0.39, 0.29) is 24.2 Å². The standard InChI is InChI=1S/C26H31N7O6S/c1-7-39-23(24-27-14-16(2)15-28-24)17(3)40(34,35)32-26-31-30-25(18-10-8-13-21(29-18)38-6)33(26)22-19(36-4)11-9-12-20(22)37-5/h8-15,17,23H,7H2,1-6H3,(H,31,32)/t17-,23-/m0/s1. The molecule has 0 radical (unpaired) electrons. The van der Waals surface area contributed by atoms with Crippen molar-refractivity contribution >= 4 is 16.0 Å². The van der Waals surface area contributed by atoms with Crippen LogP contribution in [0.1, 0.15) is 31.3 Å². The van der Waals surface area contributed by atoms with Gasteiger partial charge < -0.3 is 18.9 Å². The van der Waals surface area contributed by atoms with Crippen LogP contribution in [0.15, 0.2) is 48.8 Å². The molecule has 1 N–H and O–H groups in total. The molecule has 14 heteroatoms. The Morgan fingerprint density at radius 2 is 1.60 bits per heavy atom. The van der Waals surface area contributed by atoms with E-state index in [4.69, 9.17) is 18.9 Å². The smallest absolute Gasteiger partial charge is 0.243 e. The van der Waals surface area contributed by atoms with Gasteiger partial charge in [-0.25, -0.2) is 23.4 Å². The SMILES string of the molecule is CCO[C@H](c1ncc(C)cn1)[C@H](C)S(=O)(=O)Nc1nnc(-c2cccc(OC)n2)n1-c1c(OC)cccc1OC. The van der Waals surface area contributed by atoms with Gasteiger partial charge in [-0.15, -0.1) is 10.2 Å². The number of para-hydroxylation sites is 1. The minimum Gasteiger partial charge on any atom is -0.494 e. The third-order valence-corrected chi connectivity index (χ3v) is 7.69. The van der Waals surface area contributed by atoms with Crippen LogP contribution < -0.4 is 18.9 Å². The Labute approximate surface area is 232 Å². The molecule has 0 spiro atoms. The van der Waals surface area contributed by atoms with Gasteiger partial charge in [0.25, 0.3) is 0 Å². The van der Waals surface area contributed by atoms with Crippen molar-refractivity contribution in [1.82, 2.24) is 29.7 Å². The summed E-state index contributed by atoms with van der Waals surface area (Å²) >= 11 is 0. The lowest BCUT2D eigenvalue weighted by molar-refractivity contribution is 0.0557. The van der Waals surface area contributed by atoms with Crippen molar-refractivity contribution in [3.63, 3.8) is 0 Å². The van der Waals surface area contributed by atoms with E-state index in [1.54, 1.807) is 55.7 Å². The number of rotatable bonds is 12. The summed E-state index contributed by atoms with van der Waals surface area (Å²) in [5.41, 5.74) is 1.58. The Hall–Kier alpha value is -4.30. The van der Waals surface area contributed by atoms with Crippen molar-refractivity contribution < 1.29 is 27.4 Å². The van der Waals surface area contributed by atoms with E-state index in [0.29, 0.717) is 28.8 Å². The Balaban J connectivity index is 1.85. The number of benzene rings is 1. The van der Waals surface area contributed by atoms with Crippen LogP contribution in [0, 0.1) is 6.92 Å². The lowest BCUT2D eigenvalue weighted by atomic mass is 10.2. The highest BCUT2D eigenvalue weighted by Crippen LogP contribution is 2.38. The number of nitrogens with one attached hydrogen (secondary N) is 1. The van der Waals surface area contributed by atoms with E-state index < -0.39 is 21.4 Å². The van der Waals surface area contributed by atoms with Crippen LogP contribution in [-0.2, 0) is 14.8 Å². The summed E-state index contributed by atoms with van der Waals surface area (Å²) in [7, 11) is 0.329. The first-order chi connectivity index (χ1) is 19.2. The average Bonchev–Trinajstić information content (AvgIpc) is 3.37. The van der Waals surface area contributed by atoms with Crippen molar-refractivity contribution in [3.05, 3.63) is 60.2 Å². The average molecular weight is 570 g/mol. The van der Waals surface area contributed by atoms with E-state index in [0.717, 1.165) is 5.56 Å². The van der Waals surface area contributed by atoms with Gasteiger partial charge in [0.15, 0.2) is 11.6 Å². The maximum Gasteiger partial charge on any atom is 0.243 e. The Morgan fingerprint density at radius 3 is 2.20 bits per heavy atom. The van der Waals surface area contributed by atoms with Crippen molar-refractivity contribution in [2.24, 2.45) is 0 Å². The number of hydrogen-bond donors (Lipinski definition) is 1. The summed E-state index contributed by atoms with van der Waals surface area (Å²) in [5.74, 6) is 1.46. The highest BCUT2D eigenvalue weighted by molar-refractivity contribution is 7.93. The Kier molecular flexibility index (Phi) is 8.80. The van der Waals surface area contributed by atoms with Crippen molar-refractivity contribution in [1.29, 1.82) is 0 Å². The summed E-state index contributed by atoms with van der Waals surface area (Å²) < 4.78 is 53.9. The molecule has 212 valence electrons. The first-order valence-corrected chi connectivity index (χ1v) is 13.9. The van der Waals surface area contributed by atoms with Crippen LogP contribution in [0.3, 0.4) is 0 Å². The monoisotopic (exact) mass is 569 g/mol. The quantitative estimate of drug-likeness (QED) is 0.267. The summed E-state index contributed by atoms with van der Waals surface area (Å²) in [5, 5.41) is 7.36. The number of sulfonamides is 1. The normalized spacial score (nSPS) is 12.9. The molecule has 40 heavy (non-hydrogen) atoms. The highest BCUT2D eigenvalue weighted by atomic mass is 32.2. The van der Waals surface area contributed by atoms with E-state index >= 15 is 0 Å². The van der Waals surface area contributed by atoms with Crippen LogP contribution >= 0.6 is 0 Å². The molecule has 4 rings (SSSR count). The second kappa shape index (κ2) is 12.3. The first kappa shape index (κ1) is 28.7. The molecule has 0 aliphatic heterocycles. The van der Waals surface area contributed by atoms with Gasteiger partial charge >= 0.3 is 0 Å². The molecular formula is C26H31N7O6S. The zero-order valence-corrected chi connectivity index (χ0v) is 23.8. The third kappa shape index (κ3) is 5.82. The minimum absolute atomic E-state index is 0.116. The number of hydrogen-bond acceptors (Lipinski definition) is 11. The molecule has 0 unspecified atom stereocenters. The van der Waals surface area contributed by atoms with Gasteiger partial charge in [-0.2, -0.15) is 0 Å². The first-order valence-electron chi connectivity index (χ1n) is 12.3. The van der Waals surface area contributed by atoms with Crippen LogP contribution in [0.5, 0.6) is 17.4 Å². The molecule has 3 heterocycles. The van der Waals surface area contributed by atoms with Gasteiger partial charge in [0, 0.05) is 25.1 Å². The number of anilines is 1. The van der Waals surface area contributed by atoms with E-state index in [9.17, 15) is 8.42 Å². The number of nitrogens with zero attached hydrogens (tertiary/aromatic N) is 6. The molecule has 2 atom stereocenters. The molecular weight excluding hydrogens is 538 g/mol. The van der Waals surface area contributed by atoms with Gasteiger partial charge in [0.2, 0.25) is 21.9 Å². The van der Waals surface area contributed by atoms with Crippen molar-refractivity contribution in [2.45, 2.75) is 32.1 Å². The number of methoxy groups -OCH3 is 3. The summed E-state index contributed by atoms with van der Waals surface area (Å²) in [6.07, 6.45) is 2.28. The largest absolute Gasteiger partial charge is 0.494 e. The maximum absolute atomic E-state index is 13.8. The molecule has 0 bridgehead atoms. The molecule has 4 aromatic rings. The molecule has 0 fully saturated rings. The summed E-state index contributed by atoms with van der Waals surface area (Å²) in [6.45, 7) is 5.38. The second-order valence-corrected chi connectivity index (χ2v) is 10.6. The number of pyridine rings is 1. The summed E-state index contributed by atoms with van der Waals surface area (Å²) in [6, 6.07) is 10.3. The van der Waals surface area contributed by atoms with Crippen LogP contribution in [0.4, 0.5) is 5.95 Å². The number of ether oxygens (including phenoxy) is 4. The third-order valence-electron chi connectivity index (χ3n) is 6.00. The second-order valence-electron chi connectivity index (χ2n) is 8.61. The van der Waals surface area contributed by atoms with Crippen LogP contribution in [0.2, 0.25) is 0 Å². The van der Waals surface area contributed by atoms with Gasteiger partial charge in [0.05, 0.1) is 21.3 Å². The van der Waals surface area contributed by atoms with E-state index in [1.807, 2.05) is 6.92 Å². The maximum atomic E-state index is 13.8. The molecule has 13 nitrogen and oxygen atoms in total. The Bertz CT molecular complexity index is 1540. The van der Waals surface area contributed by atoms with Crippen molar-refractivity contribution in [2.75, 3.05) is 32.7 Å². The van der Waals surface area contributed by atoms with Gasteiger partial charge in [-0.1, -0.05) is 12.1 Å². The zero-order chi connectivity index (χ0) is 28.9. The van der Waals surface area contributed by atoms with Gasteiger partial charge in [-0.3, -0.25) is 9.29 Å². The molecule has 0 saturated carbocycles. The lowest BCUT2D eigenvalue weighted by Crippen LogP contribution is -2.34. The van der Waals surface area contributed by atoms with Gasteiger partial charge in [-0.05, 0) is 44.5 Å². The summed E-state index contributed by atoms with van der Waals surface area (Å²) in [4.78, 5) is 13.1. The molecule has 0 amide bonds. The van der Waals surface area contributed by atoms with Gasteiger partial charge in [0.1, 0.15) is 34.2 Å². The molecule has 0 aliphatic rings. The molecule has 0 saturated heterocycles. The number of aryl methyl sites for hydroxylation is 1. The van der Waals surface area contributed by atoms with Crippen LogP contribution in [0.25, 0.3) is 17.2 Å². The highest BCUT2D eigenvalue weighted by Gasteiger charge is 2.35. The van der Waals surface area contributed by atoms with E-state index in [1.165, 1.54) is 32.8 Å². The predicted molar refractivity (Wildman–Crippen MR) is 147 cm³/mol. The Morgan fingerprint density at radius 1 is 0.950 bits per heavy atom. The molecule has 3 aromatic heterocycles. The lowest BCUT2D eigenvalue weighted by Gasteiger charge is -2.23. The van der Waals surface area contributed by atoms with E-state index in [2.05, 4.69) is 29.9 Å². The zero-order valence-electron chi connectivity index (χ0n) is 23.0.